The summed E-state index contributed by atoms with van der Waals surface area (Å²) in [4.78, 5) is 8.34. The first kappa shape index (κ1) is 11.0. The Bertz CT molecular complexity index is 691. The highest BCUT2D eigenvalue weighted by Gasteiger charge is 2.06. The zero-order valence-corrected chi connectivity index (χ0v) is 10.2. The summed E-state index contributed by atoms with van der Waals surface area (Å²) in [6.45, 7) is 2.14. The van der Waals surface area contributed by atoms with Gasteiger partial charge in [-0.3, -0.25) is 0 Å². The molecule has 18 heavy (non-hydrogen) atoms. The zero-order chi connectivity index (χ0) is 12.5. The Morgan fingerprint density at radius 3 is 3.06 bits per heavy atom. The molecule has 0 aliphatic heterocycles. The van der Waals surface area contributed by atoms with Gasteiger partial charge in [0.2, 0.25) is 11.8 Å². The number of hydrogen-bond acceptors (Lipinski definition) is 6. The lowest BCUT2D eigenvalue weighted by molar-refractivity contribution is 0.388. The quantitative estimate of drug-likeness (QED) is 0.775. The van der Waals surface area contributed by atoms with Crippen LogP contribution in [0.15, 0.2) is 22.9 Å². The van der Waals surface area contributed by atoms with Crippen molar-refractivity contribution in [1.29, 1.82) is 0 Å². The van der Waals surface area contributed by atoms with Crippen LogP contribution in [-0.4, -0.2) is 24.7 Å². The molecule has 92 valence electrons. The molecule has 0 amide bonds. The van der Waals surface area contributed by atoms with Gasteiger partial charge in [-0.05, 0) is 12.1 Å². The van der Waals surface area contributed by atoms with Crippen LogP contribution in [0.2, 0.25) is 5.02 Å². The monoisotopic (exact) mass is 264 g/mol. The fourth-order valence-corrected chi connectivity index (χ4v) is 1.66. The van der Waals surface area contributed by atoms with Crippen molar-refractivity contribution in [2.45, 2.75) is 13.5 Å². The van der Waals surface area contributed by atoms with Crippen LogP contribution < -0.4 is 5.32 Å². The maximum Gasteiger partial charge on any atom is 0.243 e. The van der Waals surface area contributed by atoms with Crippen LogP contribution >= 0.6 is 11.6 Å². The minimum absolute atomic E-state index is 0.405. The second-order valence-corrected chi connectivity index (χ2v) is 4.11. The Balaban J connectivity index is 1.78. The van der Waals surface area contributed by atoms with Gasteiger partial charge in [0.1, 0.15) is 0 Å². The Hall–Kier alpha value is -2.15. The van der Waals surface area contributed by atoms with Crippen molar-refractivity contribution in [3.8, 4) is 0 Å². The van der Waals surface area contributed by atoms with Crippen LogP contribution in [0.25, 0.3) is 5.65 Å². The van der Waals surface area contributed by atoms with E-state index in [1.165, 1.54) is 0 Å². The minimum Gasteiger partial charge on any atom is -0.345 e. The maximum atomic E-state index is 5.86. The van der Waals surface area contributed by atoms with Gasteiger partial charge in [-0.15, -0.1) is 5.10 Å². The summed E-state index contributed by atoms with van der Waals surface area (Å²) in [6, 6.07) is 3.55. The molecule has 3 heterocycles. The molecule has 1 N–H and O–H groups in total. The van der Waals surface area contributed by atoms with Crippen LogP contribution in [0, 0.1) is 6.92 Å². The van der Waals surface area contributed by atoms with Crippen LogP contribution in [0.5, 0.6) is 0 Å². The van der Waals surface area contributed by atoms with E-state index in [-0.39, 0.29) is 0 Å². The van der Waals surface area contributed by atoms with Gasteiger partial charge in [0.05, 0.1) is 11.6 Å². The van der Waals surface area contributed by atoms with Gasteiger partial charge in [0.15, 0.2) is 11.5 Å². The summed E-state index contributed by atoms with van der Waals surface area (Å²) in [7, 11) is 0. The maximum absolute atomic E-state index is 5.86. The van der Waals surface area contributed by atoms with Crippen molar-refractivity contribution in [1.82, 2.24) is 24.7 Å². The van der Waals surface area contributed by atoms with E-state index in [4.69, 9.17) is 16.1 Å². The molecule has 0 aliphatic rings. The number of rotatable bonds is 3. The predicted molar refractivity (Wildman–Crippen MR) is 64.4 cm³/mol. The normalized spacial score (nSPS) is 11.0. The molecule has 0 atom stereocenters. The molecule has 8 heteroatoms. The fourth-order valence-electron chi connectivity index (χ4n) is 1.50. The highest BCUT2D eigenvalue weighted by molar-refractivity contribution is 6.30. The summed E-state index contributed by atoms with van der Waals surface area (Å²) in [6.07, 6.45) is 1.69. The summed E-state index contributed by atoms with van der Waals surface area (Å²) in [5.41, 5.74) is 0.714. The first-order chi connectivity index (χ1) is 8.70. The lowest BCUT2D eigenvalue weighted by Crippen LogP contribution is -2.02. The number of aryl methyl sites for hydroxylation is 1. The van der Waals surface area contributed by atoms with E-state index >= 15 is 0 Å². The lowest BCUT2D eigenvalue weighted by atomic mass is 10.5. The van der Waals surface area contributed by atoms with Gasteiger partial charge in [0, 0.05) is 13.1 Å². The Kier molecular flexibility index (Phi) is 2.60. The van der Waals surface area contributed by atoms with Crippen molar-refractivity contribution in [2.24, 2.45) is 0 Å². The second kappa shape index (κ2) is 4.26. The number of nitrogens with one attached hydrogen (secondary N) is 1. The molecule has 0 aromatic carbocycles. The number of fused-ring (bicyclic) bond motifs is 1. The van der Waals surface area contributed by atoms with Gasteiger partial charge in [-0.25, -0.2) is 4.52 Å². The molecule has 0 radical (unpaired) electrons. The molecule has 0 aliphatic carbocycles. The SMILES string of the molecule is Cc1nc(CNc2nc3ccc(Cl)cn3n2)no1. The molecule has 3 rings (SSSR count). The number of hydrogen-bond donors (Lipinski definition) is 1. The number of halogens is 1. The van der Waals surface area contributed by atoms with Gasteiger partial charge < -0.3 is 9.84 Å². The second-order valence-electron chi connectivity index (χ2n) is 3.67. The van der Waals surface area contributed by atoms with Crippen LogP contribution in [0.1, 0.15) is 11.7 Å². The third-order valence-electron chi connectivity index (χ3n) is 2.27. The molecular formula is C10H9ClN6O. The van der Waals surface area contributed by atoms with Gasteiger partial charge in [0.25, 0.3) is 0 Å². The summed E-state index contributed by atoms with van der Waals surface area (Å²) < 4.78 is 6.47. The smallest absolute Gasteiger partial charge is 0.243 e. The van der Waals surface area contributed by atoms with E-state index < -0.39 is 0 Å². The average Bonchev–Trinajstić information content (AvgIpc) is 2.92. The van der Waals surface area contributed by atoms with E-state index in [1.807, 2.05) is 0 Å². The first-order valence-corrected chi connectivity index (χ1v) is 5.63. The molecule has 0 bridgehead atoms. The lowest BCUT2D eigenvalue weighted by Gasteiger charge is -1.94. The van der Waals surface area contributed by atoms with Crippen molar-refractivity contribution >= 4 is 23.2 Å². The summed E-state index contributed by atoms with van der Waals surface area (Å²) >= 11 is 5.86. The largest absolute Gasteiger partial charge is 0.345 e. The highest BCUT2D eigenvalue weighted by Crippen LogP contribution is 2.11. The van der Waals surface area contributed by atoms with Crippen LogP contribution in [-0.2, 0) is 6.54 Å². The van der Waals surface area contributed by atoms with E-state index in [9.17, 15) is 0 Å². The first-order valence-electron chi connectivity index (χ1n) is 5.26. The molecule has 0 spiro atoms. The zero-order valence-electron chi connectivity index (χ0n) is 9.46. The van der Waals surface area contributed by atoms with Crippen molar-refractivity contribution < 1.29 is 4.52 Å². The molecular weight excluding hydrogens is 256 g/mol. The Morgan fingerprint density at radius 2 is 2.28 bits per heavy atom. The van der Waals surface area contributed by atoms with E-state index in [0.717, 1.165) is 0 Å². The molecule has 0 fully saturated rings. The number of nitrogens with zero attached hydrogens (tertiary/aromatic N) is 5. The summed E-state index contributed by atoms with van der Waals surface area (Å²) in [5.74, 6) is 1.57. The van der Waals surface area contributed by atoms with Crippen molar-refractivity contribution in [2.75, 3.05) is 5.32 Å². The van der Waals surface area contributed by atoms with E-state index in [0.29, 0.717) is 34.9 Å². The third-order valence-corrected chi connectivity index (χ3v) is 2.49. The number of aromatic nitrogens is 5. The molecule has 0 saturated heterocycles. The van der Waals surface area contributed by atoms with Crippen molar-refractivity contribution in [3.63, 3.8) is 0 Å². The fraction of sp³-hybridized carbons (Fsp3) is 0.200. The molecule has 3 aromatic heterocycles. The van der Waals surface area contributed by atoms with Gasteiger partial charge in [-0.2, -0.15) is 9.97 Å². The highest BCUT2D eigenvalue weighted by atomic mass is 35.5. The minimum atomic E-state index is 0.405. The standard InChI is InChI=1S/C10H9ClN6O/c1-6-13-8(16-18-6)4-12-10-14-9-3-2-7(11)5-17(9)15-10/h2-3,5H,4H2,1H3,(H,12,15). The van der Waals surface area contributed by atoms with Crippen LogP contribution in [0.3, 0.4) is 0 Å². The molecule has 0 saturated carbocycles. The molecule has 3 aromatic rings. The van der Waals surface area contributed by atoms with E-state index in [2.05, 4.69) is 25.5 Å². The Labute approximate surface area is 107 Å². The van der Waals surface area contributed by atoms with Gasteiger partial charge in [-0.1, -0.05) is 16.8 Å². The molecule has 0 unspecified atom stereocenters. The summed E-state index contributed by atoms with van der Waals surface area (Å²) in [5, 5.41) is 11.6. The van der Waals surface area contributed by atoms with Crippen molar-refractivity contribution in [3.05, 3.63) is 35.1 Å². The number of anilines is 1. The Morgan fingerprint density at radius 1 is 1.39 bits per heavy atom. The number of pyridine rings is 1. The topological polar surface area (TPSA) is 81.1 Å². The average molecular weight is 265 g/mol. The third kappa shape index (κ3) is 2.12. The van der Waals surface area contributed by atoms with Crippen LogP contribution in [0.4, 0.5) is 5.95 Å². The molecule has 7 nitrogen and oxygen atoms in total. The predicted octanol–water partition coefficient (Wildman–Crippen LogP) is 1.69. The van der Waals surface area contributed by atoms with Gasteiger partial charge >= 0.3 is 0 Å². The van der Waals surface area contributed by atoms with E-state index in [1.54, 1.807) is 29.8 Å².